The lowest BCUT2D eigenvalue weighted by Gasteiger charge is -2.18. The van der Waals surface area contributed by atoms with Crippen LogP contribution in [0.5, 0.6) is 0 Å². The highest BCUT2D eigenvalue weighted by molar-refractivity contribution is 5.66. The van der Waals surface area contributed by atoms with Gasteiger partial charge in [-0.2, -0.15) is 0 Å². The Hall–Kier alpha value is -1.35. The number of carbonyl (C=O) groups is 1. The number of carboxylic acid groups (broad SMARTS) is 1. The number of hydrogen-bond acceptors (Lipinski definition) is 2. The third-order valence-electron chi connectivity index (χ3n) is 3.88. The van der Waals surface area contributed by atoms with Crippen molar-refractivity contribution in [1.82, 2.24) is 0 Å². The van der Waals surface area contributed by atoms with Crippen molar-refractivity contribution in [3.05, 3.63) is 34.9 Å². The van der Waals surface area contributed by atoms with Gasteiger partial charge in [0.2, 0.25) is 0 Å². The number of aliphatic hydroxyl groups is 1. The first-order chi connectivity index (χ1) is 9.16. The molecule has 19 heavy (non-hydrogen) atoms. The average molecular weight is 262 g/mol. The summed E-state index contributed by atoms with van der Waals surface area (Å²) >= 11 is 0. The highest BCUT2D eigenvalue weighted by Gasteiger charge is 2.13. The van der Waals surface area contributed by atoms with Gasteiger partial charge in [0, 0.05) is 6.42 Å². The first-order valence-corrected chi connectivity index (χ1v) is 7.18. The Balaban J connectivity index is 1.88. The molecule has 2 N–H and O–H groups in total. The van der Waals surface area contributed by atoms with Crippen LogP contribution in [0.4, 0.5) is 0 Å². The van der Waals surface area contributed by atoms with Crippen molar-refractivity contribution in [3.63, 3.8) is 0 Å². The van der Waals surface area contributed by atoms with Crippen LogP contribution in [0.1, 0.15) is 61.3 Å². The van der Waals surface area contributed by atoms with E-state index in [4.69, 9.17) is 5.11 Å². The lowest BCUT2D eigenvalue weighted by Crippen LogP contribution is -2.05. The van der Waals surface area contributed by atoms with Gasteiger partial charge in [-0.15, -0.1) is 0 Å². The number of hydrogen-bond donors (Lipinski definition) is 2. The number of carboxylic acids is 1. The second kappa shape index (κ2) is 6.71. The molecule has 1 aromatic carbocycles. The van der Waals surface area contributed by atoms with Crippen LogP contribution in [0.3, 0.4) is 0 Å². The molecule has 2 rings (SSSR count). The van der Waals surface area contributed by atoms with Gasteiger partial charge in [0.15, 0.2) is 0 Å². The Morgan fingerprint density at radius 1 is 1.16 bits per heavy atom. The highest BCUT2D eigenvalue weighted by atomic mass is 16.4. The van der Waals surface area contributed by atoms with E-state index in [0.29, 0.717) is 12.8 Å². The van der Waals surface area contributed by atoms with Crippen LogP contribution in [0.15, 0.2) is 18.2 Å². The molecule has 0 spiro atoms. The molecule has 0 aliphatic heterocycles. The van der Waals surface area contributed by atoms with Crippen molar-refractivity contribution in [1.29, 1.82) is 0 Å². The van der Waals surface area contributed by atoms with E-state index in [9.17, 15) is 9.90 Å². The molecule has 0 saturated heterocycles. The summed E-state index contributed by atoms with van der Waals surface area (Å²) in [4.78, 5) is 10.4. The average Bonchev–Trinajstić information content (AvgIpc) is 2.42. The highest BCUT2D eigenvalue weighted by Crippen LogP contribution is 2.26. The Kier molecular flexibility index (Phi) is 4.97. The molecular formula is C16H22O3. The molecule has 3 heteroatoms. The SMILES string of the molecule is O=C(O)CCCCC(O)c1ccc2c(c1)CCCC2. The number of unbranched alkanes of at least 4 members (excludes halogenated alkanes) is 1. The standard InChI is InChI=1S/C16H22O3/c17-15(7-3-4-8-16(18)19)14-10-9-12-5-1-2-6-13(12)11-14/h9-11,15,17H,1-8H2,(H,18,19). The van der Waals surface area contributed by atoms with Gasteiger partial charge in [0.1, 0.15) is 0 Å². The molecule has 1 aliphatic carbocycles. The van der Waals surface area contributed by atoms with Gasteiger partial charge in [0.25, 0.3) is 0 Å². The van der Waals surface area contributed by atoms with Crippen LogP contribution in [0.2, 0.25) is 0 Å². The minimum atomic E-state index is -0.761. The maximum Gasteiger partial charge on any atom is 0.303 e. The van der Waals surface area contributed by atoms with Crippen molar-refractivity contribution in [2.75, 3.05) is 0 Å². The molecule has 0 fully saturated rings. The number of benzene rings is 1. The number of fused-ring (bicyclic) bond motifs is 1. The molecule has 0 amide bonds. The third-order valence-corrected chi connectivity index (χ3v) is 3.88. The van der Waals surface area contributed by atoms with E-state index in [1.807, 2.05) is 6.07 Å². The van der Waals surface area contributed by atoms with Crippen molar-refractivity contribution in [2.45, 2.75) is 57.5 Å². The number of rotatable bonds is 6. The molecule has 0 heterocycles. The molecule has 104 valence electrons. The molecule has 0 radical (unpaired) electrons. The van der Waals surface area contributed by atoms with Crippen molar-refractivity contribution < 1.29 is 15.0 Å². The molecule has 1 unspecified atom stereocenters. The normalized spacial score (nSPS) is 15.8. The summed E-state index contributed by atoms with van der Waals surface area (Å²) in [7, 11) is 0. The summed E-state index contributed by atoms with van der Waals surface area (Å²) in [6, 6.07) is 6.30. The van der Waals surface area contributed by atoms with E-state index in [2.05, 4.69) is 12.1 Å². The van der Waals surface area contributed by atoms with Crippen molar-refractivity contribution in [3.8, 4) is 0 Å². The maximum atomic E-state index is 10.4. The van der Waals surface area contributed by atoms with Crippen LogP contribution < -0.4 is 0 Å². The maximum absolute atomic E-state index is 10.4. The summed E-state index contributed by atoms with van der Waals surface area (Å²) in [5.41, 5.74) is 3.79. The smallest absolute Gasteiger partial charge is 0.303 e. The summed E-state index contributed by atoms with van der Waals surface area (Å²) in [5, 5.41) is 18.7. The third kappa shape index (κ3) is 4.06. The van der Waals surface area contributed by atoms with Gasteiger partial charge in [-0.3, -0.25) is 4.79 Å². The Labute approximate surface area is 114 Å². The lowest BCUT2D eigenvalue weighted by atomic mass is 9.89. The monoisotopic (exact) mass is 262 g/mol. The quantitative estimate of drug-likeness (QED) is 0.774. The van der Waals surface area contributed by atoms with E-state index in [1.54, 1.807) is 0 Å². The number of aliphatic carboxylic acids is 1. The zero-order valence-corrected chi connectivity index (χ0v) is 11.3. The molecule has 0 aromatic heterocycles. The molecule has 0 saturated carbocycles. The number of aryl methyl sites for hydroxylation is 2. The van der Waals surface area contributed by atoms with Crippen LogP contribution >= 0.6 is 0 Å². The van der Waals surface area contributed by atoms with E-state index in [0.717, 1.165) is 24.8 Å². The van der Waals surface area contributed by atoms with E-state index in [1.165, 1.54) is 24.0 Å². The van der Waals surface area contributed by atoms with Crippen LogP contribution in [0, 0.1) is 0 Å². The lowest BCUT2D eigenvalue weighted by molar-refractivity contribution is -0.137. The molecule has 1 atom stereocenters. The largest absolute Gasteiger partial charge is 0.481 e. The van der Waals surface area contributed by atoms with E-state index in [-0.39, 0.29) is 6.42 Å². The first-order valence-electron chi connectivity index (χ1n) is 7.18. The Morgan fingerprint density at radius 2 is 1.89 bits per heavy atom. The van der Waals surface area contributed by atoms with Gasteiger partial charge in [-0.25, -0.2) is 0 Å². The second-order valence-electron chi connectivity index (χ2n) is 5.39. The van der Waals surface area contributed by atoms with E-state index < -0.39 is 12.1 Å². The Morgan fingerprint density at radius 3 is 2.63 bits per heavy atom. The van der Waals surface area contributed by atoms with Crippen LogP contribution in [-0.4, -0.2) is 16.2 Å². The van der Waals surface area contributed by atoms with Crippen LogP contribution in [0.25, 0.3) is 0 Å². The van der Waals surface area contributed by atoms with Gasteiger partial charge >= 0.3 is 5.97 Å². The predicted octanol–water partition coefficient (Wildman–Crippen LogP) is 3.24. The fraction of sp³-hybridized carbons (Fsp3) is 0.562. The summed E-state index contributed by atoms with van der Waals surface area (Å²) in [5.74, 6) is -0.761. The van der Waals surface area contributed by atoms with E-state index >= 15 is 0 Å². The van der Waals surface area contributed by atoms with Crippen molar-refractivity contribution in [2.24, 2.45) is 0 Å². The number of aliphatic hydroxyl groups excluding tert-OH is 1. The van der Waals surface area contributed by atoms with Crippen molar-refractivity contribution >= 4 is 5.97 Å². The molecular weight excluding hydrogens is 240 g/mol. The minimum absolute atomic E-state index is 0.191. The Bertz CT molecular complexity index is 440. The summed E-state index contributed by atoms with van der Waals surface area (Å²) in [6.07, 6.45) is 6.56. The minimum Gasteiger partial charge on any atom is -0.481 e. The fourth-order valence-corrected chi connectivity index (χ4v) is 2.74. The van der Waals surface area contributed by atoms with Gasteiger partial charge in [-0.1, -0.05) is 18.2 Å². The zero-order valence-electron chi connectivity index (χ0n) is 11.3. The van der Waals surface area contributed by atoms with Gasteiger partial charge in [-0.05, 0) is 61.6 Å². The van der Waals surface area contributed by atoms with Gasteiger partial charge < -0.3 is 10.2 Å². The predicted molar refractivity (Wildman–Crippen MR) is 74.1 cm³/mol. The van der Waals surface area contributed by atoms with Gasteiger partial charge in [0.05, 0.1) is 6.10 Å². The molecule has 1 aliphatic rings. The fourth-order valence-electron chi connectivity index (χ4n) is 2.74. The molecule has 0 bridgehead atoms. The topological polar surface area (TPSA) is 57.5 Å². The van der Waals surface area contributed by atoms with Crippen LogP contribution in [-0.2, 0) is 17.6 Å². The molecule has 3 nitrogen and oxygen atoms in total. The molecule has 1 aromatic rings. The summed E-state index contributed by atoms with van der Waals surface area (Å²) in [6.45, 7) is 0. The summed E-state index contributed by atoms with van der Waals surface area (Å²) < 4.78 is 0. The second-order valence-corrected chi connectivity index (χ2v) is 5.39. The first kappa shape index (κ1) is 14.1. The zero-order chi connectivity index (χ0) is 13.7.